The third-order valence-electron chi connectivity index (χ3n) is 2.99. The number of rotatable bonds is 1. The summed E-state index contributed by atoms with van der Waals surface area (Å²) in [6, 6.07) is 8.37. The minimum Gasteiger partial charge on any atom is -0.505 e. The average molecular weight is 336 g/mol. The summed E-state index contributed by atoms with van der Waals surface area (Å²) in [6.45, 7) is 0. The Hall–Kier alpha value is -2.01. The monoisotopic (exact) mass is 335 g/mol. The van der Waals surface area contributed by atoms with Crippen molar-refractivity contribution in [1.29, 1.82) is 0 Å². The second kappa shape index (κ2) is 4.83. The average Bonchev–Trinajstić information content (AvgIpc) is 2.42. The van der Waals surface area contributed by atoms with Crippen LogP contribution in [0.3, 0.4) is 0 Å². The predicted octanol–water partition coefficient (Wildman–Crippen LogP) is 4.65. The highest BCUT2D eigenvalue weighted by molar-refractivity contribution is 9.10. The molecule has 0 aliphatic carbocycles. The first kappa shape index (κ1) is 13.0. The summed E-state index contributed by atoms with van der Waals surface area (Å²) in [5, 5.41) is 10.6. The molecule has 0 unspecified atom stereocenters. The van der Waals surface area contributed by atoms with Crippen molar-refractivity contribution in [2.24, 2.45) is 0 Å². The molecule has 1 N–H and O–H groups in total. The number of aromatic hydroxyl groups is 1. The molecule has 0 spiro atoms. The number of aromatic nitrogens is 1. The lowest BCUT2D eigenvalue weighted by molar-refractivity contribution is 0.477. The molecule has 0 amide bonds. The van der Waals surface area contributed by atoms with E-state index < -0.39 is 11.6 Å². The van der Waals surface area contributed by atoms with E-state index in [1.165, 1.54) is 12.1 Å². The van der Waals surface area contributed by atoms with E-state index in [1.807, 2.05) is 0 Å². The molecule has 5 heteroatoms. The molecule has 2 nitrogen and oxygen atoms in total. The first-order valence-electron chi connectivity index (χ1n) is 5.79. The highest BCUT2D eigenvalue weighted by atomic mass is 79.9. The molecule has 0 aliphatic rings. The van der Waals surface area contributed by atoms with Gasteiger partial charge in [0.05, 0.1) is 4.47 Å². The Bertz CT molecular complexity index is 800. The number of benzene rings is 2. The predicted molar refractivity (Wildman–Crippen MR) is 76.5 cm³/mol. The molecule has 0 saturated heterocycles. The van der Waals surface area contributed by atoms with Crippen LogP contribution >= 0.6 is 15.9 Å². The van der Waals surface area contributed by atoms with Crippen molar-refractivity contribution in [3.63, 3.8) is 0 Å². The lowest BCUT2D eigenvalue weighted by Gasteiger charge is -2.10. The number of fused-ring (bicyclic) bond motifs is 1. The summed E-state index contributed by atoms with van der Waals surface area (Å²) in [6.07, 6.45) is 1.55. The van der Waals surface area contributed by atoms with E-state index in [4.69, 9.17) is 0 Å². The number of hydrogen-bond acceptors (Lipinski definition) is 2. The molecule has 100 valence electrons. The minimum absolute atomic E-state index is 0.00113. The van der Waals surface area contributed by atoms with E-state index in [9.17, 15) is 13.9 Å². The van der Waals surface area contributed by atoms with Crippen LogP contribution in [0.15, 0.2) is 47.1 Å². The van der Waals surface area contributed by atoms with Gasteiger partial charge in [0.1, 0.15) is 17.2 Å². The molecule has 0 aliphatic heterocycles. The standard InChI is InChI=1S/C15H8BrF2NO/c16-13-7-12(8-4-9(17)6-10(18)5-8)11-2-1-3-19-14(11)15(13)20/h1-7,20H. The van der Waals surface area contributed by atoms with Gasteiger partial charge in [0.2, 0.25) is 0 Å². The van der Waals surface area contributed by atoms with Gasteiger partial charge in [-0.05, 0) is 51.3 Å². The maximum absolute atomic E-state index is 13.4. The lowest BCUT2D eigenvalue weighted by atomic mass is 10.00. The van der Waals surface area contributed by atoms with Crippen LogP contribution in [-0.4, -0.2) is 10.1 Å². The number of halogens is 3. The van der Waals surface area contributed by atoms with Crippen molar-refractivity contribution in [3.8, 4) is 16.9 Å². The van der Waals surface area contributed by atoms with Crippen molar-refractivity contribution < 1.29 is 13.9 Å². The van der Waals surface area contributed by atoms with Crippen molar-refractivity contribution in [2.45, 2.75) is 0 Å². The second-order valence-corrected chi connectivity index (χ2v) is 5.17. The SMILES string of the molecule is Oc1c(Br)cc(-c2cc(F)cc(F)c2)c2cccnc12. The fraction of sp³-hybridized carbons (Fsp3) is 0. The number of phenolic OH excluding ortho intramolecular Hbond substituents is 1. The van der Waals surface area contributed by atoms with Crippen LogP contribution in [0, 0.1) is 11.6 Å². The van der Waals surface area contributed by atoms with Gasteiger partial charge in [-0.1, -0.05) is 6.07 Å². The fourth-order valence-corrected chi connectivity index (χ4v) is 2.56. The van der Waals surface area contributed by atoms with Crippen LogP contribution in [0.25, 0.3) is 22.0 Å². The third kappa shape index (κ3) is 2.14. The quantitative estimate of drug-likeness (QED) is 0.702. The van der Waals surface area contributed by atoms with Gasteiger partial charge in [-0.3, -0.25) is 4.98 Å². The summed E-state index contributed by atoms with van der Waals surface area (Å²) in [4.78, 5) is 4.11. The second-order valence-electron chi connectivity index (χ2n) is 4.31. The lowest BCUT2D eigenvalue weighted by Crippen LogP contribution is -1.88. The molecule has 0 fully saturated rings. The normalized spacial score (nSPS) is 10.9. The first-order valence-corrected chi connectivity index (χ1v) is 6.58. The van der Waals surface area contributed by atoms with Crippen LogP contribution in [0.5, 0.6) is 5.75 Å². The van der Waals surface area contributed by atoms with Gasteiger partial charge in [-0.15, -0.1) is 0 Å². The van der Waals surface area contributed by atoms with E-state index in [0.29, 0.717) is 26.5 Å². The molecule has 20 heavy (non-hydrogen) atoms. The smallest absolute Gasteiger partial charge is 0.156 e. The zero-order valence-electron chi connectivity index (χ0n) is 10.1. The zero-order chi connectivity index (χ0) is 14.3. The molecule has 0 radical (unpaired) electrons. The van der Waals surface area contributed by atoms with E-state index in [1.54, 1.807) is 24.4 Å². The van der Waals surface area contributed by atoms with Gasteiger partial charge in [0.25, 0.3) is 0 Å². The van der Waals surface area contributed by atoms with Crippen molar-refractivity contribution in [2.75, 3.05) is 0 Å². The molecule has 0 bridgehead atoms. The van der Waals surface area contributed by atoms with Gasteiger partial charge in [-0.2, -0.15) is 0 Å². The molecular formula is C15H8BrF2NO. The minimum atomic E-state index is -0.652. The topological polar surface area (TPSA) is 33.1 Å². The van der Waals surface area contributed by atoms with Gasteiger partial charge in [0, 0.05) is 17.6 Å². The number of phenols is 1. The first-order chi connectivity index (χ1) is 9.56. The zero-order valence-corrected chi connectivity index (χ0v) is 11.7. The van der Waals surface area contributed by atoms with Crippen molar-refractivity contribution in [3.05, 3.63) is 58.7 Å². The van der Waals surface area contributed by atoms with Crippen molar-refractivity contribution >= 4 is 26.8 Å². The van der Waals surface area contributed by atoms with Crippen LogP contribution in [0.1, 0.15) is 0 Å². The van der Waals surface area contributed by atoms with Crippen LogP contribution in [0.4, 0.5) is 8.78 Å². The fourth-order valence-electron chi connectivity index (χ4n) is 2.15. The Labute approximate surface area is 121 Å². The highest BCUT2D eigenvalue weighted by Gasteiger charge is 2.13. The van der Waals surface area contributed by atoms with Gasteiger partial charge in [0.15, 0.2) is 5.75 Å². The number of hydrogen-bond donors (Lipinski definition) is 1. The Morgan fingerprint density at radius 3 is 2.45 bits per heavy atom. The van der Waals surface area contributed by atoms with E-state index >= 15 is 0 Å². The van der Waals surface area contributed by atoms with E-state index in [0.717, 1.165) is 6.07 Å². The van der Waals surface area contributed by atoms with Crippen molar-refractivity contribution in [1.82, 2.24) is 4.98 Å². The van der Waals surface area contributed by atoms with Gasteiger partial charge in [-0.25, -0.2) is 8.78 Å². The molecule has 1 heterocycles. The Kier molecular flexibility index (Phi) is 3.14. The Morgan fingerprint density at radius 2 is 1.75 bits per heavy atom. The third-order valence-corrected chi connectivity index (χ3v) is 3.60. The molecule has 0 saturated carbocycles. The van der Waals surface area contributed by atoms with E-state index in [-0.39, 0.29) is 5.75 Å². The summed E-state index contributed by atoms with van der Waals surface area (Å²) in [5.41, 5.74) is 1.36. The number of nitrogens with zero attached hydrogens (tertiary/aromatic N) is 1. The maximum Gasteiger partial charge on any atom is 0.156 e. The van der Waals surface area contributed by atoms with E-state index in [2.05, 4.69) is 20.9 Å². The Morgan fingerprint density at radius 1 is 1.05 bits per heavy atom. The largest absolute Gasteiger partial charge is 0.505 e. The molecular weight excluding hydrogens is 328 g/mol. The summed E-state index contributed by atoms with van der Waals surface area (Å²) < 4.78 is 27.2. The molecule has 2 aromatic carbocycles. The van der Waals surface area contributed by atoms with Crippen LogP contribution in [-0.2, 0) is 0 Å². The summed E-state index contributed by atoms with van der Waals surface area (Å²) >= 11 is 3.22. The summed E-state index contributed by atoms with van der Waals surface area (Å²) in [7, 11) is 0. The molecule has 0 atom stereocenters. The van der Waals surface area contributed by atoms with Crippen LogP contribution in [0.2, 0.25) is 0 Å². The molecule has 3 rings (SSSR count). The maximum atomic E-state index is 13.4. The highest BCUT2D eigenvalue weighted by Crippen LogP contribution is 2.38. The van der Waals surface area contributed by atoms with Crippen LogP contribution < -0.4 is 0 Å². The summed E-state index contributed by atoms with van der Waals surface area (Å²) in [5.74, 6) is -1.30. The Balaban J connectivity index is 2.39. The number of pyridine rings is 1. The van der Waals surface area contributed by atoms with Gasteiger partial charge >= 0.3 is 0 Å². The molecule has 1 aromatic heterocycles. The molecule has 3 aromatic rings. The van der Waals surface area contributed by atoms with Gasteiger partial charge < -0.3 is 5.11 Å².